The van der Waals surface area contributed by atoms with Crippen LogP contribution in [0, 0.1) is 12.8 Å². The first-order chi connectivity index (χ1) is 8.66. The Morgan fingerprint density at radius 1 is 1.17 bits per heavy atom. The van der Waals surface area contributed by atoms with Crippen molar-refractivity contribution in [2.24, 2.45) is 5.92 Å². The number of aryl methyl sites for hydroxylation is 1. The molecule has 3 rings (SSSR count). The molecule has 1 aliphatic rings. The monoisotopic (exact) mass is 241 g/mol. The van der Waals surface area contributed by atoms with E-state index in [1.807, 2.05) is 0 Å². The number of carbonyl (C=O) groups is 2. The second-order valence-corrected chi connectivity index (χ2v) is 4.47. The number of Topliss-reactive ketones (excluding diaryl/α,β-unsaturated/α-hetero) is 2. The van der Waals surface area contributed by atoms with Crippen LogP contribution in [0.2, 0.25) is 0 Å². The number of nitrogens with zero attached hydrogens (tertiary/aromatic N) is 1. The van der Waals surface area contributed by atoms with Crippen LogP contribution in [-0.4, -0.2) is 16.7 Å². The molecule has 0 amide bonds. The molecule has 0 unspecified atom stereocenters. The Bertz CT molecular complexity index is 607. The van der Waals surface area contributed by atoms with Crippen molar-refractivity contribution in [1.29, 1.82) is 0 Å². The number of hydrogen-bond acceptors (Lipinski definition) is 4. The zero-order valence-corrected chi connectivity index (χ0v) is 9.84. The van der Waals surface area contributed by atoms with Crippen LogP contribution < -0.4 is 0 Å². The van der Waals surface area contributed by atoms with Gasteiger partial charge in [-0.25, -0.2) is 0 Å². The van der Waals surface area contributed by atoms with Gasteiger partial charge in [-0.3, -0.25) is 9.59 Å². The van der Waals surface area contributed by atoms with E-state index in [2.05, 4.69) is 5.16 Å². The van der Waals surface area contributed by atoms with Crippen molar-refractivity contribution < 1.29 is 14.1 Å². The smallest absolute Gasteiger partial charge is 0.174 e. The van der Waals surface area contributed by atoms with Crippen LogP contribution in [0.5, 0.6) is 0 Å². The van der Waals surface area contributed by atoms with Gasteiger partial charge in [0.2, 0.25) is 0 Å². The Hall–Kier alpha value is -2.23. The first kappa shape index (κ1) is 10.9. The molecule has 90 valence electrons. The highest BCUT2D eigenvalue weighted by atomic mass is 16.5. The van der Waals surface area contributed by atoms with Gasteiger partial charge in [-0.1, -0.05) is 29.4 Å². The highest BCUT2D eigenvalue weighted by molar-refractivity contribution is 6.26. The third-order valence-corrected chi connectivity index (χ3v) is 3.17. The molecule has 1 aromatic carbocycles. The molecule has 1 aliphatic carbocycles. The summed E-state index contributed by atoms with van der Waals surface area (Å²) in [6, 6.07) is 8.68. The molecule has 0 radical (unpaired) electrons. The van der Waals surface area contributed by atoms with Crippen molar-refractivity contribution in [2.45, 2.75) is 13.3 Å². The molecule has 4 nitrogen and oxygen atoms in total. The van der Waals surface area contributed by atoms with Gasteiger partial charge in [-0.05, 0) is 6.92 Å². The summed E-state index contributed by atoms with van der Waals surface area (Å²) in [5.74, 6) is -0.323. The number of ketones is 2. The summed E-state index contributed by atoms with van der Waals surface area (Å²) in [6.45, 7) is 1.81. The van der Waals surface area contributed by atoms with Crippen LogP contribution in [0.1, 0.15) is 32.2 Å². The average Bonchev–Trinajstić information content (AvgIpc) is 2.88. The van der Waals surface area contributed by atoms with Crippen molar-refractivity contribution in [2.75, 3.05) is 0 Å². The van der Waals surface area contributed by atoms with Crippen molar-refractivity contribution >= 4 is 11.6 Å². The van der Waals surface area contributed by atoms with Gasteiger partial charge in [-0.2, -0.15) is 0 Å². The summed E-state index contributed by atoms with van der Waals surface area (Å²) in [6.07, 6.45) is 0.285. The Morgan fingerprint density at radius 3 is 2.28 bits per heavy atom. The second-order valence-electron chi connectivity index (χ2n) is 4.47. The number of fused-ring (bicyclic) bond motifs is 1. The molecule has 0 saturated heterocycles. The molecule has 1 aromatic heterocycles. The van der Waals surface area contributed by atoms with E-state index in [0.29, 0.717) is 16.9 Å². The number of aromatic nitrogens is 1. The fourth-order valence-electron chi connectivity index (χ4n) is 2.31. The maximum absolute atomic E-state index is 12.1. The number of hydrogen-bond donors (Lipinski definition) is 0. The lowest BCUT2D eigenvalue weighted by molar-refractivity contribution is 0.0832. The molecule has 2 aromatic rings. The van der Waals surface area contributed by atoms with Gasteiger partial charge in [0.05, 0.1) is 11.6 Å². The fraction of sp³-hybridized carbons (Fsp3) is 0.214. The van der Waals surface area contributed by atoms with Gasteiger partial charge in [0.25, 0.3) is 0 Å². The Labute approximate surface area is 104 Å². The maximum atomic E-state index is 12.1. The van der Waals surface area contributed by atoms with Crippen LogP contribution in [-0.2, 0) is 6.42 Å². The summed E-state index contributed by atoms with van der Waals surface area (Å²) in [4.78, 5) is 24.3. The minimum atomic E-state index is -0.658. The van der Waals surface area contributed by atoms with Crippen molar-refractivity contribution in [3.8, 4) is 0 Å². The zero-order valence-electron chi connectivity index (χ0n) is 9.84. The summed E-state index contributed by atoms with van der Waals surface area (Å²) in [5, 5.41) is 3.76. The Balaban J connectivity index is 1.92. The van der Waals surface area contributed by atoms with Gasteiger partial charge < -0.3 is 4.52 Å². The number of rotatable bonds is 2. The third-order valence-electron chi connectivity index (χ3n) is 3.17. The van der Waals surface area contributed by atoms with Crippen molar-refractivity contribution in [3.63, 3.8) is 0 Å². The third kappa shape index (κ3) is 1.57. The van der Waals surface area contributed by atoms with E-state index in [-0.39, 0.29) is 18.0 Å². The predicted octanol–water partition coefficient (Wildman–Crippen LogP) is 2.22. The van der Waals surface area contributed by atoms with Gasteiger partial charge >= 0.3 is 0 Å². The van der Waals surface area contributed by atoms with Gasteiger partial charge in [0.15, 0.2) is 11.6 Å². The lowest BCUT2D eigenvalue weighted by atomic mass is 9.98. The lowest BCUT2D eigenvalue weighted by Gasteiger charge is -2.02. The topological polar surface area (TPSA) is 60.2 Å². The van der Waals surface area contributed by atoms with Gasteiger partial charge in [0.1, 0.15) is 5.76 Å². The van der Waals surface area contributed by atoms with Crippen LogP contribution in [0.15, 0.2) is 34.9 Å². The summed E-state index contributed by atoms with van der Waals surface area (Å²) >= 11 is 0. The van der Waals surface area contributed by atoms with E-state index in [1.165, 1.54) is 0 Å². The fourth-order valence-corrected chi connectivity index (χ4v) is 2.31. The zero-order chi connectivity index (χ0) is 12.7. The van der Waals surface area contributed by atoms with E-state index >= 15 is 0 Å². The average molecular weight is 241 g/mol. The van der Waals surface area contributed by atoms with E-state index < -0.39 is 5.92 Å². The van der Waals surface area contributed by atoms with Gasteiger partial charge in [0, 0.05) is 23.6 Å². The first-order valence-corrected chi connectivity index (χ1v) is 5.76. The molecule has 0 fully saturated rings. The minimum absolute atomic E-state index is 0.121. The molecule has 18 heavy (non-hydrogen) atoms. The van der Waals surface area contributed by atoms with Gasteiger partial charge in [-0.15, -0.1) is 0 Å². The Kier molecular flexibility index (Phi) is 2.37. The van der Waals surface area contributed by atoms with E-state index in [4.69, 9.17) is 4.52 Å². The van der Waals surface area contributed by atoms with Crippen LogP contribution in [0.25, 0.3) is 0 Å². The number of carbonyl (C=O) groups excluding carboxylic acids is 2. The molecule has 0 bridgehead atoms. The van der Waals surface area contributed by atoms with Crippen LogP contribution >= 0.6 is 0 Å². The SMILES string of the molecule is Cc1cc(CC2C(=O)c3ccccc3C2=O)on1. The van der Waals surface area contributed by atoms with Crippen LogP contribution in [0.3, 0.4) is 0 Å². The number of benzene rings is 1. The normalized spacial score (nSPS) is 15.2. The largest absolute Gasteiger partial charge is 0.361 e. The lowest BCUT2D eigenvalue weighted by Crippen LogP contribution is -2.17. The van der Waals surface area contributed by atoms with E-state index in [1.54, 1.807) is 37.3 Å². The predicted molar refractivity (Wildman–Crippen MR) is 63.5 cm³/mol. The standard InChI is InChI=1S/C14H11NO3/c1-8-6-9(18-15-8)7-12-13(16)10-4-2-3-5-11(10)14(12)17/h2-6,12H,7H2,1H3. The maximum Gasteiger partial charge on any atom is 0.174 e. The molecule has 0 atom stereocenters. The molecule has 0 spiro atoms. The molecule has 4 heteroatoms. The first-order valence-electron chi connectivity index (χ1n) is 5.76. The Morgan fingerprint density at radius 2 is 1.78 bits per heavy atom. The summed E-state index contributed by atoms with van der Waals surface area (Å²) in [5.41, 5.74) is 1.79. The molecule has 0 aliphatic heterocycles. The van der Waals surface area contributed by atoms with E-state index in [9.17, 15) is 9.59 Å². The summed E-state index contributed by atoms with van der Waals surface area (Å²) < 4.78 is 5.07. The van der Waals surface area contributed by atoms with E-state index in [0.717, 1.165) is 5.69 Å². The summed E-state index contributed by atoms with van der Waals surface area (Å²) in [7, 11) is 0. The quantitative estimate of drug-likeness (QED) is 0.756. The minimum Gasteiger partial charge on any atom is -0.361 e. The van der Waals surface area contributed by atoms with Crippen LogP contribution in [0.4, 0.5) is 0 Å². The van der Waals surface area contributed by atoms with Crippen molar-refractivity contribution in [1.82, 2.24) is 5.16 Å². The molecule has 0 saturated carbocycles. The molecular formula is C14H11NO3. The second kappa shape index (κ2) is 3.91. The molecule has 0 N–H and O–H groups in total. The highest BCUT2D eigenvalue weighted by Crippen LogP contribution is 2.29. The molecular weight excluding hydrogens is 230 g/mol. The molecule has 1 heterocycles. The van der Waals surface area contributed by atoms with Crippen molar-refractivity contribution in [3.05, 3.63) is 52.9 Å². The highest BCUT2D eigenvalue weighted by Gasteiger charge is 2.38.